The Morgan fingerprint density at radius 1 is 1.33 bits per heavy atom. The van der Waals surface area contributed by atoms with E-state index in [1.165, 1.54) is 0 Å². The van der Waals surface area contributed by atoms with Crippen LogP contribution >= 0.6 is 0 Å². The lowest BCUT2D eigenvalue weighted by molar-refractivity contribution is 0.1000. The van der Waals surface area contributed by atoms with Crippen LogP contribution in [0.5, 0.6) is 5.75 Å². The summed E-state index contributed by atoms with van der Waals surface area (Å²) in [6.07, 6.45) is 0. The van der Waals surface area contributed by atoms with Crippen LogP contribution in [-0.2, 0) is 6.54 Å². The Kier molecular flexibility index (Phi) is 4.27. The van der Waals surface area contributed by atoms with E-state index in [9.17, 15) is 4.79 Å². The molecule has 21 heavy (non-hydrogen) atoms. The van der Waals surface area contributed by atoms with E-state index < -0.39 is 5.91 Å². The fourth-order valence-electron chi connectivity index (χ4n) is 1.99. The Labute approximate surface area is 123 Å². The van der Waals surface area contributed by atoms with Crippen molar-refractivity contribution < 1.29 is 9.53 Å². The van der Waals surface area contributed by atoms with E-state index >= 15 is 0 Å². The SMILES string of the molecule is COc1ccc(CNc2cc(C(N)=O)cc(C)n2)cc1N. The number of rotatable bonds is 5. The predicted molar refractivity (Wildman–Crippen MR) is 82.2 cm³/mol. The van der Waals surface area contributed by atoms with Gasteiger partial charge >= 0.3 is 0 Å². The van der Waals surface area contributed by atoms with Gasteiger partial charge in [0.25, 0.3) is 0 Å². The zero-order valence-electron chi connectivity index (χ0n) is 12.0. The van der Waals surface area contributed by atoms with Crippen LogP contribution in [-0.4, -0.2) is 18.0 Å². The second-order valence-corrected chi connectivity index (χ2v) is 4.68. The van der Waals surface area contributed by atoms with Crippen molar-refractivity contribution in [3.05, 3.63) is 47.2 Å². The number of aromatic nitrogens is 1. The molecule has 0 fully saturated rings. The molecule has 0 aliphatic rings. The standard InChI is InChI=1S/C15H18N4O2/c1-9-5-11(15(17)20)7-14(19-9)18-8-10-3-4-13(21-2)12(16)6-10/h3-7H,8,16H2,1-2H3,(H2,17,20)(H,18,19). The average molecular weight is 286 g/mol. The Morgan fingerprint density at radius 2 is 2.10 bits per heavy atom. The number of anilines is 2. The van der Waals surface area contributed by atoms with Crippen LogP contribution in [0, 0.1) is 6.92 Å². The van der Waals surface area contributed by atoms with Crippen molar-refractivity contribution >= 4 is 17.4 Å². The molecule has 0 radical (unpaired) electrons. The maximum atomic E-state index is 11.2. The van der Waals surface area contributed by atoms with Crippen LogP contribution in [0.15, 0.2) is 30.3 Å². The first-order valence-corrected chi connectivity index (χ1v) is 6.44. The summed E-state index contributed by atoms with van der Waals surface area (Å²) in [6, 6.07) is 8.83. The van der Waals surface area contributed by atoms with Gasteiger partial charge in [0.1, 0.15) is 11.6 Å². The highest BCUT2D eigenvalue weighted by molar-refractivity contribution is 5.93. The molecule has 0 spiro atoms. The average Bonchev–Trinajstić information content (AvgIpc) is 2.44. The number of nitrogens with one attached hydrogen (secondary N) is 1. The van der Waals surface area contributed by atoms with Gasteiger partial charge in [-0.1, -0.05) is 6.07 Å². The maximum Gasteiger partial charge on any atom is 0.248 e. The number of primary amides is 1. The first-order chi connectivity index (χ1) is 9.99. The Morgan fingerprint density at radius 3 is 2.71 bits per heavy atom. The Hall–Kier alpha value is -2.76. The van der Waals surface area contributed by atoms with Crippen LogP contribution in [0.1, 0.15) is 21.6 Å². The van der Waals surface area contributed by atoms with Gasteiger partial charge in [-0.3, -0.25) is 4.79 Å². The second kappa shape index (κ2) is 6.13. The molecular weight excluding hydrogens is 268 g/mol. The number of nitrogens with zero attached hydrogens (tertiary/aromatic N) is 1. The van der Waals surface area contributed by atoms with Crippen LogP contribution in [0.3, 0.4) is 0 Å². The quantitative estimate of drug-likeness (QED) is 0.726. The number of aryl methyl sites for hydroxylation is 1. The molecule has 110 valence electrons. The Balaban J connectivity index is 2.12. The highest BCUT2D eigenvalue weighted by atomic mass is 16.5. The number of nitrogens with two attached hydrogens (primary N) is 2. The molecule has 0 saturated heterocycles. The first-order valence-electron chi connectivity index (χ1n) is 6.44. The zero-order chi connectivity index (χ0) is 15.4. The van der Waals surface area contributed by atoms with Gasteiger partial charge in [0, 0.05) is 17.8 Å². The highest BCUT2D eigenvalue weighted by Gasteiger charge is 2.06. The minimum atomic E-state index is -0.475. The number of benzene rings is 1. The largest absolute Gasteiger partial charge is 0.495 e. The zero-order valence-corrected chi connectivity index (χ0v) is 12.0. The van der Waals surface area contributed by atoms with Crippen LogP contribution in [0.4, 0.5) is 11.5 Å². The van der Waals surface area contributed by atoms with Crippen molar-refractivity contribution in [2.45, 2.75) is 13.5 Å². The molecule has 1 amide bonds. The molecule has 6 heteroatoms. The van der Waals surface area contributed by atoms with Gasteiger partial charge in [-0.25, -0.2) is 4.98 Å². The summed E-state index contributed by atoms with van der Waals surface area (Å²) in [5, 5.41) is 3.15. The van der Waals surface area contributed by atoms with Gasteiger partial charge in [0.05, 0.1) is 12.8 Å². The van der Waals surface area contributed by atoms with E-state index in [0.29, 0.717) is 29.4 Å². The molecule has 0 aliphatic heterocycles. The van der Waals surface area contributed by atoms with Gasteiger partial charge in [0.15, 0.2) is 0 Å². The molecule has 2 aromatic rings. The molecule has 0 unspecified atom stereocenters. The predicted octanol–water partition coefficient (Wildman–Crippen LogP) is 1.69. The van der Waals surface area contributed by atoms with Crippen LogP contribution < -0.4 is 21.5 Å². The normalized spacial score (nSPS) is 10.2. The maximum absolute atomic E-state index is 11.2. The van der Waals surface area contributed by atoms with Gasteiger partial charge < -0.3 is 21.5 Å². The van der Waals surface area contributed by atoms with Gasteiger partial charge in [-0.05, 0) is 36.8 Å². The van der Waals surface area contributed by atoms with Gasteiger partial charge in [-0.2, -0.15) is 0 Å². The van der Waals surface area contributed by atoms with Crippen molar-refractivity contribution in [3.63, 3.8) is 0 Å². The highest BCUT2D eigenvalue weighted by Crippen LogP contribution is 2.22. The number of carbonyl (C=O) groups excluding carboxylic acids is 1. The third-order valence-electron chi connectivity index (χ3n) is 3.01. The summed E-state index contributed by atoms with van der Waals surface area (Å²) >= 11 is 0. The molecule has 2 rings (SSSR count). The number of carbonyl (C=O) groups is 1. The number of methoxy groups -OCH3 is 1. The van der Waals surface area contributed by atoms with Crippen molar-refractivity contribution in [2.75, 3.05) is 18.2 Å². The molecule has 0 aliphatic carbocycles. The number of pyridine rings is 1. The lowest BCUT2D eigenvalue weighted by atomic mass is 10.2. The van der Waals surface area contributed by atoms with Gasteiger partial charge in [0.2, 0.25) is 5.91 Å². The summed E-state index contributed by atoms with van der Waals surface area (Å²) in [7, 11) is 1.58. The fourth-order valence-corrected chi connectivity index (χ4v) is 1.99. The fraction of sp³-hybridized carbons (Fsp3) is 0.200. The summed E-state index contributed by atoms with van der Waals surface area (Å²) in [6.45, 7) is 2.34. The topological polar surface area (TPSA) is 103 Å². The molecule has 0 atom stereocenters. The van der Waals surface area contributed by atoms with E-state index in [4.69, 9.17) is 16.2 Å². The smallest absolute Gasteiger partial charge is 0.248 e. The lowest BCUT2D eigenvalue weighted by Gasteiger charge is -2.10. The minimum absolute atomic E-state index is 0.430. The third kappa shape index (κ3) is 3.62. The molecule has 1 aromatic carbocycles. The van der Waals surface area contributed by atoms with E-state index in [0.717, 1.165) is 11.3 Å². The van der Waals surface area contributed by atoms with Crippen molar-refractivity contribution in [3.8, 4) is 5.75 Å². The first kappa shape index (κ1) is 14.6. The molecular formula is C15H18N4O2. The molecule has 0 bridgehead atoms. The summed E-state index contributed by atoms with van der Waals surface area (Å²) < 4.78 is 5.11. The van der Waals surface area contributed by atoms with Crippen molar-refractivity contribution in [1.82, 2.24) is 4.98 Å². The van der Waals surface area contributed by atoms with E-state index in [2.05, 4.69) is 10.3 Å². The summed E-state index contributed by atoms with van der Waals surface area (Å²) in [5.41, 5.74) is 13.9. The monoisotopic (exact) mass is 286 g/mol. The van der Waals surface area contributed by atoms with Crippen molar-refractivity contribution in [1.29, 1.82) is 0 Å². The van der Waals surface area contributed by atoms with Crippen LogP contribution in [0.2, 0.25) is 0 Å². The number of nitrogen functional groups attached to an aromatic ring is 1. The van der Waals surface area contributed by atoms with Crippen LogP contribution in [0.25, 0.3) is 0 Å². The van der Waals surface area contributed by atoms with Gasteiger partial charge in [-0.15, -0.1) is 0 Å². The molecule has 5 N–H and O–H groups in total. The molecule has 1 heterocycles. The number of amides is 1. The Bertz CT molecular complexity index is 671. The molecule has 0 saturated carbocycles. The van der Waals surface area contributed by atoms with E-state index in [-0.39, 0.29) is 0 Å². The third-order valence-corrected chi connectivity index (χ3v) is 3.01. The number of hydrogen-bond donors (Lipinski definition) is 3. The molecule has 6 nitrogen and oxygen atoms in total. The molecule has 1 aromatic heterocycles. The second-order valence-electron chi connectivity index (χ2n) is 4.68. The number of ether oxygens (including phenoxy) is 1. The number of hydrogen-bond acceptors (Lipinski definition) is 5. The summed E-state index contributed by atoms with van der Waals surface area (Å²) in [4.78, 5) is 15.5. The van der Waals surface area contributed by atoms with E-state index in [1.54, 1.807) is 19.2 Å². The van der Waals surface area contributed by atoms with Crippen molar-refractivity contribution in [2.24, 2.45) is 5.73 Å². The summed E-state index contributed by atoms with van der Waals surface area (Å²) in [5.74, 6) is 0.763. The minimum Gasteiger partial charge on any atom is -0.495 e. The van der Waals surface area contributed by atoms with E-state index in [1.807, 2.05) is 25.1 Å². The lowest BCUT2D eigenvalue weighted by Crippen LogP contribution is -2.12.